The van der Waals surface area contributed by atoms with E-state index in [4.69, 9.17) is 4.98 Å². The molecule has 2 aliphatic rings. The van der Waals surface area contributed by atoms with Crippen LogP contribution in [0.4, 0.5) is 5.82 Å². The summed E-state index contributed by atoms with van der Waals surface area (Å²) < 4.78 is 0.853. The summed E-state index contributed by atoms with van der Waals surface area (Å²) in [5.41, 5.74) is 0. The third kappa shape index (κ3) is 2.50. The Hall–Kier alpha value is -0.680. The molecule has 4 nitrogen and oxygen atoms in total. The lowest BCUT2D eigenvalue weighted by molar-refractivity contribution is 0.126. The van der Waals surface area contributed by atoms with Crippen molar-refractivity contribution in [1.29, 1.82) is 0 Å². The van der Waals surface area contributed by atoms with Crippen LogP contribution in [0.5, 0.6) is 0 Å². The highest BCUT2D eigenvalue weighted by atomic mass is 79.9. The summed E-state index contributed by atoms with van der Waals surface area (Å²) >= 11 is 3.49. The minimum atomic E-state index is -0.136. The summed E-state index contributed by atoms with van der Waals surface area (Å²) in [6.07, 6.45) is 3.94. The summed E-state index contributed by atoms with van der Waals surface area (Å²) in [6.45, 7) is 4.22. The highest BCUT2D eigenvalue weighted by Gasteiger charge is 2.41. The predicted octanol–water partition coefficient (Wildman–Crippen LogP) is 2.85. The van der Waals surface area contributed by atoms with E-state index in [1.165, 1.54) is 12.8 Å². The average Bonchev–Trinajstić information content (AvgIpc) is 2.61. The first-order chi connectivity index (χ1) is 9.04. The molecule has 0 amide bonds. The molecule has 0 saturated carbocycles. The van der Waals surface area contributed by atoms with E-state index in [1.54, 1.807) is 0 Å². The molecule has 2 saturated heterocycles. The molecule has 2 fully saturated rings. The van der Waals surface area contributed by atoms with E-state index >= 15 is 0 Å². The van der Waals surface area contributed by atoms with Gasteiger partial charge in [-0.3, -0.25) is 0 Å². The van der Waals surface area contributed by atoms with Crippen molar-refractivity contribution < 1.29 is 5.11 Å². The lowest BCUT2D eigenvalue weighted by Gasteiger charge is -2.38. The Morgan fingerprint density at radius 1 is 1.26 bits per heavy atom. The normalized spacial score (nSPS) is 30.2. The van der Waals surface area contributed by atoms with E-state index in [-0.39, 0.29) is 6.10 Å². The van der Waals surface area contributed by atoms with E-state index in [9.17, 15) is 5.11 Å². The number of hydrogen-bond donors (Lipinski definition) is 1. The second-order valence-corrected chi connectivity index (χ2v) is 6.79. The number of fused-ring (bicyclic) bond motifs is 2. The molecule has 0 spiro atoms. The van der Waals surface area contributed by atoms with Crippen molar-refractivity contribution >= 4 is 21.7 Å². The third-order valence-electron chi connectivity index (χ3n) is 4.19. The van der Waals surface area contributed by atoms with Crippen LogP contribution >= 0.6 is 15.9 Å². The van der Waals surface area contributed by atoms with Gasteiger partial charge < -0.3 is 10.0 Å². The Kier molecular flexibility index (Phi) is 3.52. The lowest BCUT2D eigenvalue weighted by Crippen LogP contribution is -2.45. The molecular weight excluding hydrogens is 306 g/mol. The zero-order valence-electron chi connectivity index (χ0n) is 11.4. The van der Waals surface area contributed by atoms with E-state index in [1.807, 2.05) is 6.07 Å². The largest absolute Gasteiger partial charge is 0.393 e. The first-order valence-corrected chi connectivity index (χ1v) is 7.84. The minimum absolute atomic E-state index is 0.136. The van der Waals surface area contributed by atoms with Gasteiger partial charge in [-0.25, -0.2) is 9.97 Å². The molecule has 2 atom stereocenters. The molecule has 5 heteroatoms. The van der Waals surface area contributed by atoms with E-state index in [0.717, 1.165) is 29.1 Å². The van der Waals surface area contributed by atoms with Gasteiger partial charge in [-0.15, -0.1) is 0 Å². The molecule has 2 unspecified atom stereocenters. The van der Waals surface area contributed by atoms with Gasteiger partial charge in [0.05, 0.1) is 6.10 Å². The SMILES string of the molecule is CC(C)c1nc(Br)cc(N2C3CCC2CC(O)C3)n1. The van der Waals surface area contributed by atoms with Crippen LogP contribution in [0.15, 0.2) is 10.7 Å². The van der Waals surface area contributed by atoms with Crippen molar-refractivity contribution in [2.75, 3.05) is 4.90 Å². The summed E-state index contributed by atoms with van der Waals surface area (Å²) in [5.74, 6) is 2.23. The first kappa shape index (κ1) is 13.3. The van der Waals surface area contributed by atoms with Gasteiger partial charge >= 0.3 is 0 Å². The maximum Gasteiger partial charge on any atom is 0.134 e. The van der Waals surface area contributed by atoms with Crippen LogP contribution in [0.2, 0.25) is 0 Å². The number of halogens is 1. The average molecular weight is 326 g/mol. The Morgan fingerprint density at radius 3 is 2.47 bits per heavy atom. The number of aromatic nitrogens is 2. The number of aliphatic hydroxyl groups is 1. The van der Waals surface area contributed by atoms with Gasteiger partial charge in [-0.1, -0.05) is 13.8 Å². The third-order valence-corrected chi connectivity index (χ3v) is 4.59. The van der Waals surface area contributed by atoms with Crippen LogP contribution in [0.25, 0.3) is 0 Å². The standard InChI is InChI=1S/C14H20BrN3O/c1-8(2)14-16-12(15)7-13(17-14)18-9-3-4-10(18)6-11(19)5-9/h7-11,19H,3-6H2,1-2H3. The second-order valence-electron chi connectivity index (χ2n) is 5.98. The van der Waals surface area contributed by atoms with Crippen molar-refractivity contribution in [2.45, 2.75) is 63.6 Å². The van der Waals surface area contributed by atoms with Gasteiger partial charge in [0.2, 0.25) is 0 Å². The van der Waals surface area contributed by atoms with Gasteiger partial charge in [-0.05, 0) is 41.6 Å². The van der Waals surface area contributed by atoms with Crippen molar-refractivity contribution in [3.8, 4) is 0 Å². The smallest absolute Gasteiger partial charge is 0.134 e. The van der Waals surface area contributed by atoms with E-state index in [0.29, 0.717) is 18.0 Å². The summed E-state index contributed by atoms with van der Waals surface area (Å²) in [7, 11) is 0. The molecule has 2 bridgehead atoms. The molecule has 104 valence electrons. The molecule has 3 heterocycles. The Labute approximate surface area is 122 Å². The zero-order valence-corrected chi connectivity index (χ0v) is 13.0. The number of piperidine rings is 1. The molecular formula is C14H20BrN3O. The first-order valence-electron chi connectivity index (χ1n) is 7.05. The highest BCUT2D eigenvalue weighted by molar-refractivity contribution is 9.10. The highest BCUT2D eigenvalue weighted by Crippen LogP contribution is 2.39. The molecule has 19 heavy (non-hydrogen) atoms. The number of nitrogens with zero attached hydrogens (tertiary/aromatic N) is 3. The maximum absolute atomic E-state index is 9.88. The monoisotopic (exact) mass is 325 g/mol. The second kappa shape index (κ2) is 5.02. The molecule has 1 aromatic rings. The molecule has 0 aromatic carbocycles. The van der Waals surface area contributed by atoms with E-state index < -0.39 is 0 Å². The molecule has 0 radical (unpaired) electrons. The fourth-order valence-corrected chi connectivity index (χ4v) is 3.72. The fraction of sp³-hybridized carbons (Fsp3) is 0.714. The van der Waals surface area contributed by atoms with Crippen molar-refractivity contribution in [3.63, 3.8) is 0 Å². The van der Waals surface area contributed by atoms with Crippen LogP contribution in [0.1, 0.15) is 51.3 Å². The van der Waals surface area contributed by atoms with Crippen LogP contribution in [0, 0.1) is 0 Å². The van der Waals surface area contributed by atoms with E-state index in [2.05, 4.69) is 39.7 Å². The van der Waals surface area contributed by atoms with Crippen molar-refractivity contribution in [3.05, 3.63) is 16.5 Å². The molecule has 1 aromatic heterocycles. The van der Waals surface area contributed by atoms with Gasteiger partial charge in [0.1, 0.15) is 16.2 Å². The zero-order chi connectivity index (χ0) is 13.6. The van der Waals surface area contributed by atoms with Gasteiger partial charge in [0.15, 0.2) is 0 Å². The summed E-state index contributed by atoms with van der Waals surface area (Å²) in [5, 5.41) is 9.88. The molecule has 0 aliphatic carbocycles. The topological polar surface area (TPSA) is 49.2 Å². The summed E-state index contributed by atoms with van der Waals surface area (Å²) in [4.78, 5) is 11.6. The number of hydrogen-bond acceptors (Lipinski definition) is 4. The van der Waals surface area contributed by atoms with Crippen LogP contribution in [-0.4, -0.2) is 33.3 Å². The van der Waals surface area contributed by atoms with Crippen LogP contribution in [-0.2, 0) is 0 Å². The number of rotatable bonds is 2. The van der Waals surface area contributed by atoms with Crippen molar-refractivity contribution in [1.82, 2.24) is 9.97 Å². The molecule has 3 rings (SSSR count). The van der Waals surface area contributed by atoms with Gasteiger partial charge in [0.25, 0.3) is 0 Å². The van der Waals surface area contributed by atoms with Crippen LogP contribution < -0.4 is 4.90 Å². The lowest BCUT2D eigenvalue weighted by atomic mass is 10.00. The summed E-state index contributed by atoms with van der Waals surface area (Å²) in [6, 6.07) is 2.89. The Bertz CT molecular complexity index is 466. The maximum atomic E-state index is 9.88. The number of anilines is 1. The predicted molar refractivity (Wildman–Crippen MR) is 78.4 cm³/mol. The van der Waals surface area contributed by atoms with Crippen molar-refractivity contribution in [2.24, 2.45) is 0 Å². The minimum Gasteiger partial charge on any atom is -0.393 e. The Balaban J connectivity index is 1.94. The molecule has 2 aliphatic heterocycles. The quantitative estimate of drug-likeness (QED) is 0.849. The van der Waals surface area contributed by atoms with Gasteiger partial charge in [-0.2, -0.15) is 0 Å². The van der Waals surface area contributed by atoms with Gasteiger partial charge in [0, 0.05) is 24.1 Å². The molecule has 1 N–H and O–H groups in total. The number of aliphatic hydroxyl groups excluding tert-OH is 1. The van der Waals surface area contributed by atoms with Crippen LogP contribution in [0.3, 0.4) is 0 Å². The Morgan fingerprint density at radius 2 is 1.89 bits per heavy atom. The fourth-order valence-electron chi connectivity index (χ4n) is 3.34.